The van der Waals surface area contributed by atoms with E-state index in [2.05, 4.69) is 4.18 Å². The van der Waals surface area contributed by atoms with Gasteiger partial charge in [0.1, 0.15) is 0 Å². The number of aliphatic hydroxyl groups excluding tert-OH is 5. The summed E-state index contributed by atoms with van der Waals surface area (Å²) in [6.45, 7) is -2.18. The molecule has 33 heavy (non-hydrogen) atoms. The molecule has 0 aliphatic carbocycles. The molecule has 0 radical (unpaired) electrons. The van der Waals surface area contributed by atoms with Crippen molar-refractivity contribution >= 4 is 29.9 Å². The maximum atomic E-state index is 11.6. The Morgan fingerprint density at radius 1 is 1.06 bits per heavy atom. The first-order valence-electron chi connectivity index (χ1n) is 9.99. The third kappa shape index (κ3) is 11.7. The number of hydrogen-bond acceptors (Lipinski definition) is 12. The molecule has 0 bridgehead atoms. The number of carboxylic acid groups (broad SMARTS) is 1. The van der Waals surface area contributed by atoms with Crippen LogP contribution in [0.4, 0.5) is 0 Å². The Balaban J connectivity index is 2.59. The van der Waals surface area contributed by atoms with Gasteiger partial charge >= 0.3 is 194 Å². The predicted octanol–water partition coefficient (Wildman–Crippen LogP) is -2.59. The Bertz CT molecular complexity index is 704. The van der Waals surface area contributed by atoms with Crippen LogP contribution < -0.4 is 0 Å². The number of rotatable bonds is 16. The normalized spacial score (nSPS) is 26.8. The molecular weight excluding hydrogens is 535 g/mol. The fourth-order valence-electron chi connectivity index (χ4n) is 3.18. The summed E-state index contributed by atoms with van der Waals surface area (Å²) in [6.07, 6.45) is -7.54. The van der Waals surface area contributed by atoms with Crippen LogP contribution in [0.1, 0.15) is 0 Å². The van der Waals surface area contributed by atoms with Crippen LogP contribution in [-0.4, -0.2) is 133 Å². The van der Waals surface area contributed by atoms with Crippen molar-refractivity contribution in [3.63, 3.8) is 0 Å². The molecule has 0 unspecified atom stereocenters. The number of hydrogen-bond donors (Lipinski definition) is 7. The Kier molecular flexibility index (Phi) is 12.6. The number of aliphatic hydroxyl groups is 5. The summed E-state index contributed by atoms with van der Waals surface area (Å²) in [4.78, 5) is 11.6. The van der Waals surface area contributed by atoms with Gasteiger partial charge in [0.25, 0.3) is 0 Å². The van der Waals surface area contributed by atoms with Crippen LogP contribution in [0.25, 0.3) is 0 Å². The van der Waals surface area contributed by atoms with Gasteiger partial charge in [0.2, 0.25) is 0 Å². The molecule has 0 aromatic heterocycles. The van der Waals surface area contributed by atoms with Gasteiger partial charge in [-0.1, -0.05) is 0 Å². The summed E-state index contributed by atoms with van der Waals surface area (Å²) < 4.78 is 49.4. The predicted molar refractivity (Wildman–Crippen MR) is 112 cm³/mol. The van der Waals surface area contributed by atoms with Gasteiger partial charge in [-0.2, -0.15) is 0 Å². The van der Waals surface area contributed by atoms with Crippen LogP contribution in [0.5, 0.6) is 0 Å². The third-order valence-corrected chi connectivity index (χ3v) is 11.0. The molecule has 0 spiro atoms. The van der Waals surface area contributed by atoms with Gasteiger partial charge in [-0.15, -0.1) is 0 Å². The zero-order chi connectivity index (χ0) is 25.4. The van der Waals surface area contributed by atoms with Crippen LogP contribution in [0.15, 0.2) is 0 Å². The second-order valence-electron chi connectivity index (χ2n) is 8.43. The summed E-state index contributed by atoms with van der Waals surface area (Å²) in [5.74, 6) is -1.95. The zero-order valence-electron chi connectivity index (χ0n) is 18.3. The molecule has 16 heteroatoms. The van der Waals surface area contributed by atoms with E-state index in [0.717, 1.165) is 0 Å². The molecule has 0 aromatic carbocycles. The molecule has 1 aliphatic rings. The molecule has 0 saturated carbocycles. The molecular formula is C17H34AsO14S+. The molecule has 1 aliphatic heterocycles. The molecule has 0 aromatic rings. The van der Waals surface area contributed by atoms with Crippen molar-refractivity contribution in [2.45, 2.75) is 58.6 Å². The molecule has 1 saturated heterocycles. The molecule has 0 amide bonds. The number of carboxylic acids is 1. The average Bonchev–Trinajstić information content (AvgIpc) is 2.96. The number of aliphatic carboxylic acids is 1. The van der Waals surface area contributed by atoms with E-state index in [1.165, 1.54) is 0 Å². The van der Waals surface area contributed by atoms with Gasteiger partial charge in [-0.25, -0.2) is 0 Å². The summed E-state index contributed by atoms with van der Waals surface area (Å²) in [7, 11) is -4.74. The average molecular weight is 569 g/mol. The number of ether oxygens (including phenoxy) is 3. The van der Waals surface area contributed by atoms with Crippen LogP contribution in [0, 0.1) is 5.92 Å². The van der Waals surface area contributed by atoms with E-state index in [1.54, 1.807) is 0 Å². The van der Waals surface area contributed by atoms with E-state index in [-0.39, 0.29) is 18.4 Å². The van der Waals surface area contributed by atoms with Gasteiger partial charge in [-0.05, 0) is 0 Å². The quantitative estimate of drug-likeness (QED) is 0.0747. The minimum atomic E-state index is -4.74. The van der Waals surface area contributed by atoms with Crippen molar-refractivity contribution in [2.75, 3.05) is 33.0 Å². The first-order chi connectivity index (χ1) is 15.1. The van der Waals surface area contributed by atoms with E-state index < -0.39 is 92.5 Å². The standard InChI is InChI=1S/C17H33AsO14S/c1-18(2,3-10(16(24)25)6-29-7-11(20)5-19)4-13-14(22)15(23)17(32-13)30-8-12(21)9-31-33(26,27)28/h10-15,17,19-23H,3-9H2,1-2H3,(H-,24,25,26,27,28)/p+1/t10-,11+,12-,13+,14+,15+,17+/m0/s1. The van der Waals surface area contributed by atoms with E-state index in [9.17, 15) is 38.7 Å². The third-order valence-electron chi connectivity index (χ3n) is 4.76. The summed E-state index contributed by atoms with van der Waals surface area (Å²) in [5.41, 5.74) is 3.81. The first-order valence-corrected chi connectivity index (χ1v) is 17.8. The van der Waals surface area contributed by atoms with E-state index in [0.29, 0.717) is 5.21 Å². The molecule has 7 atom stereocenters. The fourth-order valence-corrected chi connectivity index (χ4v) is 9.55. The molecule has 14 nitrogen and oxygen atoms in total. The second kappa shape index (κ2) is 13.6. The summed E-state index contributed by atoms with van der Waals surface area (Å²) >= 11 is -2.74. The SMILES string of the molecule is C[As+](C)(C[C@@H](COC[C@H](O)CO)C(=O)O)C[C@H]1O[C@@H](OC[C@H](O)COS(=O)(=O)O)[C@H](O)[C@@H]1O. The summed E-state index contributed by atoms with van der Waals surface area (Å²) in [6, 6.07) is 0. The Morgan fingerprint density at radius 2 is 1.70 bits per heavy atom. The van der Waals surface area contributed by atoms with E-state index in [1.807, 2.05) is 11.4 Å². The fraction of sp³-hybridized carbons (Fsp3) is 0.941. The summed E-state index contributed by atoms with van der Waals surface area (Å²) in [5, 5.41) is 58.3. The van der Waals surface area contributed by atoms with Crippen molar-refractivity contribution in [3.05, 3.63) is 0 Å². The van der Waals surface area contributed by atoms with Crippen molar-refractivity contribution in [2.24, 2.45) is 5.92 Å². The Hall–Kier alpha value is -0.422. The van der Waals surface area contributed by atoms with Gasteiger partial charge in [-0.3, -0.25) is 0 Å². The number of carbonyl (C=O) groups is 1. The van der Waals surface area contributed by atoms with Crippen LogP contribution >= 0.6 is 0 Å². The topological polar surface area (TPSA) is 230 Å². The molecule has 1 heterocycles. The van der Waals surface area contributed by atoms with Gasteiger partial charge in [0.15, 0.2) is 0 Å². The maximum absolute atomic E-state index is 11.6. The van der Waals surface area contributed by atoms with E-state index >= 15 is 0 Å². The first kappa shape index (κ1) is 30.6. The van der Waals surface area contributed by atoms with Crippen molar-refractivity contribution < 1.29 is 66.8 Å². The van der Waals surface area contributed by atoms with Crippen LogP contribution in [0.2, 0.25) is 21.8 Å². The van der Waals surface area contributed by atoms with Crippen LogP contribution in [-0.2, 0) is 33.6 Å². The van der Waals surface area contributed by atoms with Crippen molar-refractivity contribution in [1.82, 2.24) is 0 Å². The van der Waals surface area contributed by atoms with Gasteiger partial charge in [0, 0.05) is 0 Å². The second-order valence-corrected chi connectivity index (χ2v) is 19.2. The van der Waals surface area contributed by atoms with Gasteiger partial charge in [0.05, 0.1) is 0 Å². The molecule has 1 fully saturated rings. The monoisotopic (exact) mass is 569 g/mol. The van der Waals surface area contributed by atoms with Gasteiger partial charge < -0.3 is 0 Å². The zero-order valence-corrected chi connectivity index (χ0v) is 21.0. The Morgan fingerprint density at radius 3 is 2.24 bits per heavy atom. The molecule has 7 N–H and O–H groups in total. The van der Waals surface area contributed by atoms with Crippen molar-refractivity contribution in [3.8, 4) is 0 Å². The Labute approximate surface area is 194 Å². The molecule has 196 valence electrons. The van der Waals surface area contributed by atoms with E-state index in [4.69, 9.17) is 23.9 Å². The van der Waals surface area contributed by atoms with Crippen LogP contribution in [0.3, 0.4) is 0 Å². The minimum absolute atomic E-state index is 0.164. The molecule has 1 rings (SSSR count). The van der Waals surface area contributed by atoms with Crippen molar-refractivity contribution in [1.29, 1.82) is 0 Å².